The second-order valence-electron chi connectivity index (χ2n) is 3.39. The molecule has 1 aliphatic heterocycles. The van der Waals surface area contributed by atoms with Crippen molar-refractivity contribution in [1.29, 1.82) is 0 Å². The average molecular weight is 191 g/mol. The van der Waals surface area contributed by atoms with E-state index in [4.69, 9.17) is 4.74 Å². The quantitative estimate of drug-likeness (QED) is 0.717. The summed E-state index contributed by atoms with van der Waals surface area (Å²) in [6.07, 6.45) is -0.207. The number of carbonyl (C=O) groups is 1. The van der Waals surface area contributed by atoms with Crippen molar-refractivity contribution in [3.05, 3.63) is 35.9 Å². The van der Waals surface area contributed by atoms with E-state index in [0.717, 1.165) is 5.56 Å². The number of rotatable bonds is 2. The number of amides is 1. The summed E-state index contributed by atoms with van der Waals surface area (Å²) in [4.78, 5) is 13.0. The highest BCUT2D eigenvalue weighted by Crippen LogP contribution is 2.22. The van der Waals surface area contributed by atoms with E-state index in [9.17, 15) is 4.79 Å². The largest absolute Gasteiger partial charge is 0.448 e. The zero-order valence-electron chi connectivity index (χ0n) is 8.14. The number of cyclic esters (lactones) is 1. The van der Waals surface area contributed by atoms with Crippen LogP contribution in [0.5, 0.6) is 0 Å². The van der Waals surface area contributed by atoms with Crippen LogP contribution in [0.1, 0.15) is 18.5 Å². The van der Waals surface area contributed by atoms with Crippen LogP contribution in [0.4, 0.5) is 4.79 Å². The molecule has 1 aromatic carbocycles. The molecule has 1 aromatic rings. The zero-order valence-corrected chi connectivity index (χ0v) is 8.14. The van der Waals surface area contributed by atoms with Crippen LogP contribution in [0.15, 0.2) is 30.3 Å². The highest BCUT2D eigenvalue weighted by molar-refractivity contribution is 5.70. The Morgan fingerprint density at radius 1 is 1.36 bits per heavy atom. The average Bonchev–Trinajstić information content (AvgIpc) is 2.65. The van der Waals surface area contributed by atoms with Gasteiger partial charge in [-0.15, -0.1) is 0 Å². The minimum absolute atomic E-state index is 0.103. The van der Waals surface area contributed by atoms with Crippen LogP contribution >= 0.6 is 0 Å². The van der Waals surface area contributed by atoms with Gasteiger partial charge >= 0.3 is 6.09 Å². The minimum atomic E-state index is -0.207. The van der Waals surface area contributed by atoms with E-state index in [1.807, 2.05) is 37.3 Å². The van der Waals surface area contributed by atoms with Gasteiger partial charge in [0.1, 0.15) is 6.61 Å². The Balaban J connectivity index is 2.16. The maximum Gasteiger partial charge on any atom is 0.410 e. The molecule has 0 aliphatic carbocycles. The molecule has 1 amide bonds. The van der Waals surface area contributed by atoms with E-state index >= 15 is 0 Å². The first-order valence-corrected chi connectivity index (χ1v) is 4.77. The summed E-state index contributed by atoms with van der Waals surface area (Å²) in [6.45, 7) is 3.22. The monoisotopic (exact) mass is 191 g/mol. The molecule has 0 unspecified atom stereocenters. The Kier molecular flexibility index (Phi) is 2.39. The molecule has 3 nitrogen and oxygen atoms in total. The molecule has 1 aliphatic rings. The van der Waals surface area contributed by atoms with Gasteiger partial charge in [-0.2, -0.15) is 0 Å². The summed E-state index contributed by atoms with van der Waals surface area (Å²) >= 11 is 0. The van der Waals surface area contributed by atoms with Gasteiger partial charge in [-0.1, -0.05) is 30.3 Å². The minimum Gasteiger partial charge on any atom is -0.448 e. The normalized spacial score (nSPS) is 18.1. The summed E-state index contributed by atoms with van der Waals surface area (Å²) in [6, 6.07) is 10.1. The first-order valence-electron chi connectivity index (χ1n) is 4.77. The van der Waals surface area contributed by atoms with E-state index in [-0.39, 0.29) is 12.1 Å². The Hall–Kier alpha value is -1.51. The van der Waals surface area contributed by atoms with Gasteiger partial charge in [0.15, 0.2) is 0 Å². The standard InChI is InChI=1S/C11H13NO2/c1-9(10-5-3-2-4-6-10)12-7-8-14-11(12)13/h2-6,9H,7-8H2,1H3/t9-/m1/s1. The van der Waals surface area contributed by atoms with E-state index in [0.29, 0.717) is 13.2 Å². The first kappa shape index (κ1) is 9.06. The van der Waals surface area contributed by atoms with Crippen molar-refractivity contribution in [3.8, 4) is 0 Å². The van der Waals surface area contributed by atoms with Gasteiger partial charge in [0.2, 0.25) is 0 Å². The summed E-state index contributed by atoms with van der Waals surface area (Å²) in [5.41, 5.74) is 1.14. The van der Waals surface area contributed by atoms with E-state index < -0.39 is 0 Å². The van der Waals surface area contributed by atoms with Crippen LogP contribution in [0.2, 0.25) is 0 Å². The molecule has 1 fully saturated rings. The molecule has 1 saturated heterocycles. The van der Waals surface area contributed by atoms with Gasteiger partial charge in [0.25, 0.3) is 0 Å². The van der Waals surface area contributed by atoms with Gasteiger partial charge in [-0.25, -0.2) is 4.79 Å². The Labute approximate surface area is 83.3 Å². The third-order valence-electron chi connectivity index (χ3n) is 2.54. The van der Waals surface area contributed by atoms with Gasteiger partial charge in [0, 0.05) is 0 Å². The fourth-order valence-electron chi connectivity index (χ4n) is 1.67. The molecule has 1 heterocycles. The second kappa shape index (κ2) is 3.70. The van der Waals surface area contributed by atoms with Crippen LogP contribution < -0.4 is 0 Å². The van der Waals surface area contributed by atoms with Crippen LogP contribution in [0.25, 0.3) is 0 Å². The van der Waals surface area contributed by atoms with Gasteiger partial charge in [-0.05, 0) is 12.5 Å². The molecular weight excluding hydrogens is 178 g/mol. The molecule has 3 heteroatoms. The summed E-state index contributed by atoms with van der Waals surface area (Å²) in [5.74, 6) is 0. The third kappa shape index (κ3) is 1.58. The van der Waals surface area contributed by atoms with Crippen LogP contribution in [-0.2, 0) is 4.74 Å². The molecule has 0 N–H and O–H groups in total. The van der Waals surface area contributed by atoms with Crippen molar-refractivity contribution < 1.29 is 9.53 Å². The number of hydrogen-bond acceptors (Lipinski definition) is 2. The molecule has 74 valence electrons. The summed E-state index contributed by atoms with van der Waals surface area (Å²) in [5, 5.41) is 0. The third-order valence-corrected chi connectivity index (χ3v) is 2.54. The van der Waals surface area contributed by atoms with E-state index in [2.05, 4.69) is 0 Å². The lowest BCUT2D eigenvalue weighted by Gasteiger charge is -2.21. The number of ether oxygens (including phenoxy) is 1. The lowest BCUT2D eigenvalue weighted by Crippen LogP contribution is -2.27. The fraction of sp³-hybridized carbons (Fsp3) is 0.364. The molecule has 0 spiro atoms. The topological polar surface area (TPSA) is 29.5 Å². The van der Waals surface area contributed by atoms with Crippen LogP contribution in [-0.4, -0.2) is 24.1 Å². The van der Waals surface area contributed by atoms with Gasteiger partial charge < -0.3 is 4.74 Å². The maximum atomic E-state index is 11.3. The molecule has 0 saturated carbocycles. The molecule has 0 aromatic heterocycles. The lowest BCUT2D eigenvalue weighted by atomic mass is 10.1. The van der Waals surface area contributed by atoms with Crippen molar-refractivity contribution in [2.75, 3.05) is 13.2 Å². The lowest BCUT2D eigenvalue weighted by molar-refractivity contribution is 0.150. The van der Waals surface area contributed by atoms with E-state index in [1.54, 1.807) is 4.90 Å². The molecular formula is C11H13NO2. The van der Waals surface area contributed by atoms with E-state index in [1.165, 1.54) is 0 Å². The van der Waals surface area contributed by atoms with Crippen molar-refractivity contribution in [2.45, 2.75) is 13.0 Å². The van der Waals surface area contributed by atoms with Crippen molar-refractivity contribution >= 4 is 6.09 Å². The predicted octanol–water partition coefficient (Wildman–Crippen LogP) is 2.20. The zero-order chi connectivity index (χ0) is 9.97. The summed E-state index contributed by atoms with van der Waals surface area (Å²) < 4.78 is 4.90. The number of carbonyl (C=O) groups excluding carboxylic acids is 1. The molecule has 1 atom stereocenters. The predicted molar refractivity (Wildman–Crippen MR) is 52.9 cm³/mol. The van der Waals surface area contributed by atoms with Crippen molar-refractivity contribution in [3.63, 3.8) is 0 Å². The molecule has 2 rings (SSSR count). The summed E-state index contributed by atoms with van der Waals surface area (Å²) in [7, 11) is 0. The number of nitrogens with zero attached hydrogens (tertiary/aromatic N) is 1. The van der Waals surface area contributed by atoms with Gasteiger partial charge in [-0.3, -0.25) is 4.90 Å². The highest BCUT2D eigenvalue weighted by Gasteiger charge is 2.27. The van der Waals surface area contributed by atoms with Crippen molar-refractivity contribution in [1.82, 2.24) is 4.90 Å². The Morgan fingerprint density at radius 2 is 2.07 bits per heavy atom. The first-order chi connectivity index (χ1) is 6.79. The molecule has 0 radical (unpaired) electrons. The fourth-order valence-corrected chi connectivity index (χ4v) is 1.67. The smallest absolute Gasteiger partial charge is 0.410 e. The maximum absolute atomic E-state index is 11.3. The Morgan fingerprint density at radius 3 is 2.64 bits per heavy atom. The molecule has 14 heavy (non-hydrogen) atoms. The van der Waals surface area contributed by atoms with Crippen LogP contribution in [0, 0.1) is 0 Å². The molecule has 0 bridgehead atoms. The highest BCUT2D eigenvalue weighted by atomic mass is 16.6. The van der Waals surface area contributed by atoms with Crippen molar-refractivity contribution in [2.24, 2.45) is 0 Å². The number of hydrogen-bond donors (Lipinski definition) is 0. The van der Waals surface area contributed by atoms with Crippen LogP contribution in [0.3, 0.4) is 0 Å². The SMILES string of the molecule is C[C@H](c1ccccc1)N1CCOC1=O. The van der Waals surface area contributed by atoms with Gasteiger partial charge in [0.05, 0.1) is 12.6 Å². The number of benzene rings is 1. The Bertz CT molecular complexity index is 323. The second-order valence-corrected chi connectivity index (χ2v) is 3.39.